The van der Waals surface area contributed by atoms with Gasteiger partial charge in [0.15, 0.2) is 0 Å². The first-order chi connectivity index (χ1) is 10.3. The zero-order valence-corrected chi connectivity index (χ0v) is 13.6. The van der Waals surface area contributed by atoms with Crippen molar-refractivity contribution in [3.63, 3.8) is 0 Å². The van der Waals surface area contributed by atoms with E-state index in [1.807, 2.05) is 42.1 Å². The number of pyridine rings is 1. The lowest BCUT2D eigenvalue weighted by molar-refractivity contribution is 0.414. The maximum Gasteiger partial charge on any atom is 0.123 e. The molecule has 0 radical (unpaired) electrons. The second-order valence-electron chi connectivity index (χ2n) is 4.55. The minimum Gasteiger partial charge on any atom is -0.497 e. The predicted octanol–water partition coefficient (Wildman–Crippen LogP) is 5.26. The fourth-order valence-corrected chi connectivity index (χ4v) is 2.93. The van der Waals surface area contributed by atoms with Gasteiger partial charge >= 0.3 is 0 Å². The van der Waals surface area contributed by atoms with Gasteiger partial charge in [0.25, 0.3) is 0 Å². The van der Waals surface area contributed by atoms with Gasteiger partial charge in [0.1, 0.15) is 5.75 Å². The third kappa shape index (κ3) is 4.11. The summed E-state index contributed by atoms with van der Waals surface area (Å²) >= 11 is 1.82. The molecule has 0 aliphatic rings. The maximum absolute atomic E-state index is 5.45. The fourth-order valence-electron chi connectivity index (χ4n) is 2.08. The Labute approximate surface area is 131 Å². The van der Waals surface area contributed by atoms with E-state index in [9.17, 15) is 0 Å². The van der Waals surface area contributed by atoms with Crippen LogP contribution in [0.5, 0.6) is 5.75 Å². The Morgan fingerprint density at radius 1 is 1.19 bits per heavy atom. The van der Waals surface area contributed by atoms with Crippen molar-refractivity contribution < 1.29 is 4.74 Å². The van der Waals surface area contributed by atoms with Crippen LogP contribution < -0.4 is 4.74 Å². The number of methoxy groups -OCH3 is 1. The predicted molar refractivity (Wildman–Crippen MR) is 92.6 cm³/mol. The van der Waals surface area contributed by atoms with Gasteiger partial charge in [-0.2, -0.15) is 0 Å². The number of allylic oxidation sites excluding steroid dienone is 1. The quantitative estimate of drug-likeness (QED) is 0.726. The Morgan fingerprint density at radius 2 is 1.95 bits per heavy atom. The summed E-state index contributed by atoms with van der Waals surface area (Å²) in [6, 6.07) is 14.2. The summed E-state index contributed by atoms with van der Waals surface area (Å²) in [4.78, 5) is 6.04. The average Bonchev–Trinajstić information content (AvgIpc) is 2.55. The molecule has 0 unspecified atom stereocenters. The van der Waals surface area contributed by atoms with Crippen LogP contribution in [-0.4, -0.2) is 17.8 Å². The number of hydrogen-bond donors (Lipinski definition) is 0. The Kier molecular flexibility index (Phi) is 5.88. The molecule has 1 heterocycles. The highest BCUT2D eigenvalue weighted by Crippen LogP contribution is 2.31. The average molecular weight is 299 g/mol. The van der Waals surface area contributed by atoms with Crippen LogP contribution in [0.15, 0.2) is 48.5 Å². The third-order valence-corrected chi connectivity index (χ3v) is 4.02. The van der Waals surface area contributed by atoms with Crippen molar-refractivity contribution in [2.75, 3.05) is 12.9 Å². The number of thioether (sulfide) groups is 1. The summed E-state index contributed by atoms with van der Waals surface area (Å²) in [6.07, 6.45) is 3.23. The molecule has 0 bridgehead atoms. The molecule has 1 aromatic heterocycles. The number of aromatic nitrogens is 1. The van der Waals surface area contributed by atoms with Crippen LogP contribution >= 0.6 is 11.8 Å². The Morgan fingerprint density at radius 3 is 2.57 bits per heavy atom. The lowest BCUT2D eigenvalue weighted by atomic mass is 10.1. The first-order valence-corrected chi connectivity index (χ1v) is 8.21. The Hall–Kier alpha value is -1.74. The van der Waals surface area contributed by atoms with E-state index in [2.05, 4.69) is 32.1 Å². The summed E-state index contributed by atoms with van der Waals surface area (Å²) in [6.45, 7) is 4.31. The van der Waals surface area contributed by atoms with Gasteiger partial charge in [0, 0.05) is 22.6 Å². The number of rotatable bonds is 6. The Bertz CT molecular complexity index is 608. The van der Waals surface area contributed by atoms with Crippen LogP contribution in [0.1, 0.15) is 26.0 Å². The molecule has 2 rings (SSSR count). The molecule has 0 N–H and O–H groups in total. The van der Waals surface area contributed by atoms with Crippen molar-refractivity contribution in [2.24, 2.45) is 0 Å². The highest BCUT2D eigenvalue weighted by molar-refractivity contribution is 8.08. The molecule has 0 aliphatic heterocycles. The van der Waals surface area contributed by atoms with Crippen molar-refractivity contribution in [1.29, 1.82) is 0 Å². The van der Waals surface area contributed by atoms with Crippen LogP contribution in [0, 0.1) is 0 Å². The topological polar surface area (TPSA) is 22.1 Å². The largest absolute Gasteiger partial charge is 0.497 e. The lowest BCUT2D eigenvalue weighted by Crippen LogP contribution is -1.94. The van der Waals surface area contributed by atoms with Crippen molar-refractivity contribution >= 4 is 16.7 Å². The van der Waals surface area contributed by atoms with Crippen LogP contribution in [0.3, 0.4) is 0 Å². The van der Waals surface area contributed by atoms with E-state index in [1.54, 1.807) is 7.11 Å². The van der Waals surface area contributed by atoms with Crippen LogP contribution in [0.2, 0.25) is 0 Å². The molecule has 0 fully saturated rings. The van der Waals surface area contributed by atoms with Gasteiger partial charge in [-0.1, -0.05) is 50.3 Å². The molecule has 0 saturated heterocycles. The molecular formula is C18H21NOS. The van der Waals surface area contributed by atoms with Gasteiger partial charge in [-0.15, -0.1) is 11.8 Å². The molecule has 0 amide bonds. The molecule has 110 valence electrons. The monoisotopic (exact) mass is 299 g/mol. The fraction of sp³-hybridized carbons (Fsp3) is 0.278. The maximum atomic E-state index is 5.45. The SMILES string of the molecule is CC/C=C(\SCC)c1cc(OC)cc(-c2ccccc2)n1. The summed E-state index contributed by atoms with van der Waals surface area (Å²) < 4.78 is 5.45. The molecule has 2 nitrogen and oxygen atoms in total. The first-order valence-electron chi connectivity index (χ1n) is 7.23. The summed E-state index contributed by atoms with van der Waals surface area (Å²) in [5.41, 5.74) is 3.04. The van der Waals surface area contributed by atoms with Gasteiger partial charge in [0.05, 0.1) is 18.5 Å². The number of benzene rings is 1. The van der Waals surface area contributed by atoms with Crippen molar-refractivity contribution in [3.8, 4) is 17.0 Å². The summed E-state index contributed by atoms with van der Waals surface area (Å²) in [7, 11) is 1.70. The molecule has 0 saturated carbocycles. The number of ether oxygens (including phenoxy) is 1. The molecular weight excluding hydrogens is 278 g/mol. The second kappa shape index (κ2) is 7.89. The van der Waals surface area contributed by atoms with Gasteiger partial charge < -0.3 is 4.74 Å². The van der Waals surface area contributed by atoms with E-state index in [4.69, 9.17) is 9.72 Å². The van der Waals surface area contributed by atoms with Crippen LogP contribution in [0.4, 0.5) is 0 Å². The van der Waals surface area contributed by atoms with E-state index in [0.29, 0.717) is 0 Å². The van der Waals surface area contributed by atoms with E-state index >= 15 is 0 Å². The minimum absolute atomic E-state index is 0.845. The number of hydrogen-bond acceptors (Lipinski definition) is 3. The van der Waals surface area contributed by atoms with Crippen LogP contribution in [0.25, 0.3) is 16.2 Å². The zero-order valence-electron chi connectivity index (χ0n) is 12.8. The zero-order chi connectivity index (χ0) is 15.1. The highest BCUT2D eigenvalue weighted by Gasteiger charge is 2.09. The van der Waals surface area contributed by atoms with Crippen molar-refractivity contribution in [3.05, 3.63) is 54.2 Å². The third-order valence-electron chi connectivity index (χ3n) is 3.05. The lowest BCUT2D eigenvalue weighted by Gasteiger charge is -2.11. The Balaban J connectivity index is 2.49. The second-order valence-corrected chi connectivity index (χ2v) is 5.86. The van der Waals surface area contributed by atoms with Gasteiger partial charge in [-0.3, -0.25) is 0 Å². The number of nitrogens with zero attached hydrogens (tertiary/aromatic N) is 1. The molecule has 0 aliphatic carbocycles. The van der Waals surface area contributed by atoms with Crippen LogP contribution in [-0.2, 0) is 0 Å². The molecule has 21 heavy (non-hydrogen) atoms. The van der Waals surface area contributed by atoms with Gasteiger partial charge in [-0.05, 0) is 12.2 Å². The summed E-state index contributed by atoms with van der Waals surface area (Å²) in [5, 5.41) is 0. The first kappa shape index (κ1) is 15.6. The van der Waals surface area contributed by atoms with Crippen molar-refractivity contribution in [2.45, 2.75) is 20.3 Å². The highest BCUT2D eigenvalue weighted by atomic mass is 32.2. The molecule has 3 heteroatoms. The van der Waals surface area contributed by atoms with E-state index in [1.165, 1.54) is 4.91 Å². The molecule has 2 aromatic rings. The smallest absolute Gasteiger partial charge is 0.123 e. The summed E-state index contributed by atoms with van der Waals surface area (Å²) in [5.74, 6) is 1.88. The van der Waals surface area contributed by atoms with E-state index in [0.717, 1.165) is 34.9 Å². The standard InChI is InChI=1S/C18H21NOS/c1-4-9-18(21-5-2)17-13-15(20-3)12-16(19-17)14-10-7-6-8-11-14/h6-13H,4-5H2,1-3H3/b18-9-. The minimum atomic E-state index is 0.845. The normalized spacial score (nSPS) is 11.5. The van der Waals surface area contributed by atoms with Gasteiger partial charge in [0.2, 0.25) is 0 Å². The van der Waals surface area contributed by atoms with Crippen molar-refractivity contribution in [1.82, 2.24) is 4.98 Å². The molecule has 1 aromatic carbocycles. The molecule has 0 atom stereocenters. The molecule has 0 spiro atoms. The van der Waals surface area contributed by atoms with Gasteiger partial charge in [-0.25, -0.2) is 4.98 Å². The van der Waals surface area contributed by atoms with E-state index in [-0.39, 0.29) is 0 Å². The van der Waals surface area contributed by atoms with E-state index < -0.39 is 0 Å².